The summed E-state index contributed by atoms with van der Waals surface area (Å²) in [6.45, 7) is 0.855. The molecule has 1 atom stereocenters. The molecule has 0 spiro atoms. The molecule has 0 bridgehead atoms. The van der Waals surface area contributed by atoms with Gasteiger partial charge in [-0.05, 0) is 32.1 Å². The lowest BCUT2D eigenvalue weighted by Gasteiger charge is -2.17. The van der Waals surface area contributed by atoms with Gasteiger partial charge in [0.1, 0.15) is 5.82 Å². The summed E-state index contributed by atoms with van der Waals surface area (Å²) in [6.07, 6.45) is 2.47. The van der Waals surface area contributed by atoms with Crippen LogP contribution in [0.15, 0.2) is 18.3 Å². The zero-order chi connectivity index (χ0) is 10.6. The first-order valence-electron chi connectivity index (χ1n) is 4.69. The Morgan fingerprint density at radius 2 is 2.21 bits per heavy atom. The summed E-state index contributed by atoms with van der Waals surface area (Å²) in [5, 5.41) is 0. The lowest BCUT2D eigenvalue weighted by atomic mass is 10.1. The molecule has 1 unspecified atom stereocenters. The maximum Gasteiger partial charge on any atom is 0.126 e. The first-order chi connectivity index (χ1) is 6.59. The van der Waals surface area contributed by atoms with Gasteiger partial charge in [-0.15, -0.1) is 0 Å². The number of hydrogen-bond donors (Lipinski definition) is 2. The van der Waals surface area contributed by atoms with Crippen LogP contribution in [-0.2, 0) is 6.42 Å². The maximum absolute atomic E-state index is 5.95. The van der Waals surface area contributed by atoms with Crippen molar-refractivity contribution in [3.63, 3.8) is 0 Å². The molecule has 0 fully saturated rings. The zero-order valence-corrected chi connectivity index (χ0v) is 8.77. The summed E-state index contributed by atoms with van der Waals surface area (Å²) in [4.78, 5) is 6.09. The normalized spacial score (nSPS) is 13.1. The van der Waals surface area contributed by atoms with E-state index in [1.807, 2.05) is 26.2 Å². The van der Waals surface area contributed by atoms with Gasteiger partial charge in [0.15, 0.2) is 0 Å². The Labute approximate surface area is 84.9 Å². The van der Waals surface area contributed by atoms with E-state index in [0.717, 1.165) is 18.5 Å². The van der Waals surface area contributed by atoms with E-state index in [4.69, 9.17) is 11.5 Å². The molecule has 4 heteroatoms. The first-order valence-corrected chi connectivity index (χ1v) is 4.69. The van der Waals surface area contributed by atoms with E-state index in [2.05, 4.69) is 9.88 Å². The largest absolute Gasteiger partial charge is 0.383 e. The molecule has 1 aromatic rings. The predicted octanol–water partition coefficient (Wildman–Crippen LogP) is 0.0952. The minimum atomic E-state index is 0.108. The van der Waals surface area contributed by atoms with Crippen molar-refractivity contribution in [3.8, 4) is 0 Å². The van der Waals surface area contributed by atoms with Gasteiger partial charge in [-0.3, -0.25) is 0 Å². The minimum Gasteiger partial charge on any atom is -0.383 e. The van der Waals surface area contributed by atoms with Gasteiger partial charge in [0.25, 0.3) is 0 Å². The Kier molecular flexibility index (Phi) is 3.85. The molecule has 1 aromatic heterocycles. The Bertz CT molecular complexity index is 285. The third kappa shape index (κ3) is 3.32. The number of pyridine rings is 1. The van der Waals surface area contributed by atoms with Crippen molar-refractivity contribution in [2.45, 2.75) is 12.5 Å². The molecule has 14 heavy (non-hydrogen) atoms. The predicted molar refractivity (Wildman–Crippen MR) is 58.9 cm³/mol. The summed E-state index contributed by atoms with van der Waals surface area (Å²) in [6, 6.07) is 3.96. The van der Waals surface area contributed by atoms with Crippen molar-refractivity contribution in [1.29, 1.82) is 0 Å². The molecule has 0 saturated carbocycles. The Morgan fingerprint density at radius 3 is 2.79 bits per heavy atom. The molecular formula is C10H18N4. The van der Waals surface area contributed by atoms with Crippen LogP contribution in [0.4, 0.5) is 5.82 Å². The number of anilines is 1. The summed E-state index contributed by atoms with van der Waals surface area (Å²) in [7, 11) is 4.01. The Balaban J connectivity index is 2.56. The Hall–Kier alpha value is -1.13. The van der Waals surface area contributed by atoms with E-state index in [9.17, 15) is 0 Å². The topological polar surface area (TPSA) is 68.2 Å². The molecule has 1 heterocycles. The number of likely N-dealkylation sites (N-methyl/N-ethyl adjacent to an activating group) is 1. The van der Waals surface area contributed by atoms with Crippen LogP contribution in [0.5, 0.6) is 0 Å². The van der Waals surface area contributed by atoms with Gasteiger partial charge in [-0.2, -0.15) is 0 Å². The van der Waals surface area contributed by atoms with Gasteiger partial charge < -0.3 is 16.4 Å². The molecule has 0 aliphatic rings. The number of rotatable bonds is 4. The van der Waals surface area contributed by atoms with Crippen LogP contribution < -0.4 is 11.5 Å². The number of hydrogen-bond acceptors (Lipinski definition) is 4. The standard InChI is InChI=1S/C10H18N4/c1-14(2)7-9(11)6-8-4-3-5-13-10(8)12/h3-5,9H,6-7,11H2,1-2H3,(H2,12,13). The fourth-order valence-electron chi connectivity index (χ4n) is 1.44. The number of aromatic nitrogens is 1. The molecule has 0 aromatic carbocycles. The molecule has 4 N–H and O–H groups in total. The second kappa shape index (κ2) is 4.93. The molecule has 0 aliphatic carbocycles. The van der Waals surface area contributed by atoms with Crippen LogP contribution in [-0.4, -0.2) is 36.6 Å². The van der Waals surface area contributed by atoms with Gasteiger partial charge in [0.05, 0.1) is 0 Å². The fourth-order valence-corrected chi connectivity index (χ4v) is 1.44. The van der Waals surface area contributed by atoms with E-state index < -0.39 is 0 Å². The molecule has 0 radical (unpaired) electrons. The van der Waals surface area contributed by atoms with E-state index >= 15 is 0 Å². The van der Waals surface area contributed by atoms with Crippen LogP contribution >= 0.6 is 0 Å². The lowest BCUT2D eigenvalue weighted by Crippen LogP contribution is -2.35. The number of nitrogens with two attached hydrogens (primary N) is 2. The molecule has 4 nitrogen and oxygen atoms in total. The maximum atomic E-state index is 5.95. The third-order valence-corrected chi connectivity index (χ3v) is 2.01. The molecule has 1 rings (SSSR count). The molecule has 0 amide bonds. The van der Waals surface area contributed by atoms with Crippen molar-refractivity contribution in [2.24, 2.45) is 5.73 Å². The van der Waals surface area contributed by atoms with Crippen LogP contribution in [0.25, 0.3) is 0 Å². The van der Waals surface area contributed by atoms with E-state index in [1.54, 1.807) is 6.20 Å². The average molecular weight is 194 g/mol. The van der Waals surface area contributed by atoms with Gasteiger partial charge in [0, 0.05) is 18.8 Å². The third-order valence-electron chi connectivity index (χ3n) is 2.01. The van der Waals surface area contributed by atoms with Gasteiger partial charge in [-0.1, -0.05) is 6.07 Å². The summed E-state index contributed by atoms with van der Waals surface area (Å²) >= 11 is 0. The molecular weight excluding hydrogens is 176 g/mol. The molecule has 0 saturated heterocycles. The van der Waals surface area contributed by atoms with Crippen molar-refractivity contribution >= 4 is 5.82 Å². The van der Waals surface area contributed by atoms with Crippen molar-refractivity contribution < 1.29 is 0 Å². The quantitative estimate of drug-likeness (QED) is 0.713. The van der Waals surface area contributed by atoms with Gasteiger partial charge >= 0.3 is 0 Å². The van der Waals surface area contributed by atoms with Crippen molar-refractivity contribution in [3.05, 3.63) is 23.9 Å². The van der Waals surface area contributed by atoms with E-state index in [1.165, 1.54) is 0 Å². The molecule has 78 valence electrons. The van der Waals surface area contributed by atoms with E-state index in [0.29, 0.717) is 5.82 Å². The van der Waals surface area contributed by atoms with Crippen LogP contribution in [0.3, 0.4) is 0 Å². The van der Waals surface area contributed by atoms with Crippen LogP contribution in [0.2, 0.25) is 0 Å². The van der Waals surface area contributed by atoms with Crippen LogP contribution in [0, 0.1) is 0 Å². The highest BCUT2D eigenvalue weighted by Gasteiger charge is 2.07. The highest BCUT2D eigenvalue weighted by Crippen LogP contribution is 2.09. The Morgan fingerprint density at radius 1 is 1.50 bits per heavy atom. The lowest BCUT2D eigenvalue weighted by molar-refractivity contribution is 0.371. The highest BCUT2D eigenvalue weighted by atomic mass is 15.1. The smallest absolute Gasteiger partial charge is 0.126 e. The molecule has 0 aliphatic heterocycles. The zero-order valence-electron chi connectivity index (χ0n) is 8.77. The van der Waals surface area contributed by atoms with Crippen molar-refractivity contribution in [2.75, 3.05) is 26.4 Å². The highest BCUT2D eigenvalue weighted by molar-refractivity contribution is 5.38. The minimum absolute atomic E-state index is 0.108. The SMILES string of the molecule is CN(C)CC(N)Cc1cccnc1N. The fraction of sp³-hybridized carbons (Fsp3) is 0.500. The first kappa shape index (κ1) is 10.9. The van der Waals surface area contributed by atoms with Crippen LogP contribution in [0.1, 0.15) is 5.56 Å². The van der Waals surface area contributed by atoms with Crippen molar-refractivity contribution in [1.82, 2.24) is 9.88 Å². The van der Waals surface area contributed by atoms with Gasteiger partial charge in [-0.25, -0.2) is 4.98 Å². The summed E-state index contributed by atoms with van der Waals surface area (Å²) < 4.78 is 0. The number of nitrogen functional groups attached to an aromatic ring is 1. The second-order valence-corrected chi connectivity index (χ2v) is 3.77. The average Bonchev–Trinajstić information content (AvgIpc) is 2.07. The summed E-state index contributed by atoms with van der Waals surface area (Å²) in [5.41, 5.74) is 12.7. The van der Waals surface area contributed by atoms with E-state index in [-0.39, 0.29) is 6.04 Å². The summed E-state index contributed by atoms with van der Waals surface area (Å²) in [5.74, 6) is 0.585. The van der Waals surface area contributed by atoms with Gasteiger partial charge in [0.2, 0.25) is 0 Å². The number of nitrogens with zero attached hydrogens (tertiary/aromatic N) is 2. The second-order valence-electron chi connectivity index (χ2n) is 3.77. The monoisotopic (exact) mass is 194 g/mol.